The van der Waals surface area contributed by atoms with Crippen LogP contribution in [0.3, 0.4) is 0 Å². The monoisotopic (exact) mass is 501 g/mol. The van der Waals surface area contributed by atoms with E-state index in [-0.39, 0.29) is 5.91 Å². The number of halogens is 2. The predicted octanol–water partition coefficient (Wildman–Crippen LogP) is 7.83. The van der Waals surface area contributed by atoms with E-state index in [0.29, 0.717) is 16.4 Å². The van der Waals surface area contributed by atoms with Crippen LogP contribution in [0.15, 0.2) is 112 Å². The largest absolute Gasteiger partial charge is 0.457 e. The molecule has 0 bridgehead atoms. The molecular weight excluding hydrogens is 486 g/mol. The average molecular weight is 503 g/mol. The molecule has 3 aromatic carbocycles. The van der Waals surface area contributed by atoms with E-state index in [1.807, 2.05) is 84.9 Å². The van der Waals surface area contributed by atoms with Crippen LogP contribution in [-0.2, 0) is 4.79 Å². The standard InChI is InChI=1S/C27H17BrClNO2/c28-21-8-6-19(7-9-21)26-15-14-24(32-26)16-20-17-25(18-4-2-1-3-5-18)30(27(20)31)23-12-10-22(29)11-13-23/h1-17H/b20-16+. The molecule has 3 nitrogen and oxygen atoms in total. The summed E-state index contributed by atoms with van der Waals surface area (Å²) >= 11 is 9.51. The van der Waals surface area contributed by atoms with Gasteiger partial charge in [0, 0.05) is 26.3 Å². The number of nitrogens with zero attached hydrogens (tertiary/aromatic N) is 1. The number of hydrogen-bond acceptors (Lipinski definition) is 2. The van der Waals surface area contributed by atoms with Crippen molar-refractivity contribution in [2.45, 2.75) is 0 Å². The SMILES string of the molecule is O=C1/C(=C/c2ccc(-c3ccc(Br)cc3)o2)C=C(c2ccccc2)N1c1ccc(Cl)cc1. The zero-order valence-corrected chi connectivity index (χ0v) is 19.2. The molecule has 1 aliphatic rings. The molecule has 0 spiro atoms. The summed E-state index contributed by atoms with van der Waals surface area (Å²) < 4.78 is 7.02. The molecule has 0 saturated carbocycles. The summed E-state index contributed by atoms with van der Waals surface area (Å²) in [6.07, 6.45) is 3.68. The number of rotatable bonds is 4. The van der Waals surface area contributed by atoms with E-state index in [4.69, 9.17) is 16.0 Å². The smallest absolute Gasteiger partial charge is 0.263 e. The summed E-state index contributed by atoms with van der Waals surface area (Å²) in [7, 11) is 0. The van der Waals surface area contributed by atoms with Gasteiger partial charge in [-0.25, -0.2) is 0 Å². The van der Waals surface area contributed by atoms with Crippen molar-refractivity contribution < 1.29 is 9.21 Å². The third-order valence-corrected chi connectivity index (χ3v) is 5.97. The highest BCUT2D eigenvalue weighted by Crippen LogP contribution is 2.36. The molecule has 156 valence electrons. The molecule has 1 aromatic heterocycles. The van der Waals surface area contributed by atoms with Crippen LogP contribution in [0.1, 0.15) is 11.3 Å². The van der Waals surface area contributed by atoms with Crippen LogP contribution in [0.25, 0.3) is 23.1 Å². The fourth-order valence-corrected chi connectivity index (χ4v) is 4.03. The Labute approximate surface area is 199 Å². The number of amides is 1. The fraction of sp³-hybridized carbons (Fsp3) is 0. The van der Waals surface area contributed by atoms with E-state index in [9.17, 15) is 4.79 Å². The van der Waals surface area contributed by atoms with Gasteiger partial charge in [0.25, 0.3) is 5.91 Å². The van der Waals surface area contributed by atoms with Gasteiger partial charge in [0.05, 0.1) is 5.70 Å². The highest BCUT2D eigenvalue weighted by Gasteiger charge is 2.30. The number of carbonyl (C=O) groups excluding carboxylic acids is 1. The van der Waals surface area contributed by atoms with Crippen LogP contribution in [-0.4, -0.2) is 5.91 Å². The van der Waals surface area contributed by atoms with Crippen LogP contribution in [0, 0.1) is 0 Å². The van der Waals surface area contributed by atoms with Crippen molar-refractivity contribution in [3.05, 3.63) is 123 Å². The van der Waals surface area contributed by atoms with E-state index < -0.39 is 0 Å². The van der Waals surface area contributed by atoms with Crippen LogP contribution in [0.2, 0.25) is 5.02 Å². The summed E-state index contributed by atoms with van der Waals surface area (Å²) in [5, 5.41) is 0.623. The summed E-state index contributed by atoms with van der Waals surface area (Å²) in [5.74, 6) is 1.25. The first kappa shape index (κ1) is 20.6. The van der Waals surface area contributed by atoms with Crippen molar-refractivity contribution in [1.29, 1.82) is 0 Å². The van der Waals surface area contributed by atoms with Gasteiger partial charge in [-0.3, -0.25) is 9.69 Å². The maximum atomic E-state index is 13.4. The lowest BCUT2D eigenvalue weighted by Crippen LogP contribution is -2.24. The Morgan fingerprint density at radius 3 is 2.25 bits per heavy atom. The van der Waals surface area contributed by atoms with Crippen LogP contribution >= 0.6 is 27.5 Å². The lowest BCUT2D eigenvalue weighted by atomic mass is 10.1. The number of hydrogen-bond donors (Lipinski definition) is 0. The Bertz CT molecular complexity index is 1340. The Morgan fingerprint density at radius 1 is 0.812 bits per heavy atom. The molecule has 1 aliphatic heterocycles. The minimum atomic E-state index is -0.118. The first-order chi connectivity index (χ1) is 15.6. The van der Waals surface area contributed by atoms with Crippen molar-refractivity contribution in [3.8, 4) is 11.3 Å². The fourth-order valence-electron chi connectivity index (χ4n) is 3.64. The molecule has 5 heteroatoms. The molecule has 32 heavy (non-hydrogen) atoms. The van der Waals surface area contributed by atoms with Crippen LogP contribution in [0.5, 0.6) is 0 Å². The Hall–Kier alpha value is -3.34. The minimum Gasteiger partial charge on any atom is -0.457 e. The van der Waals surface area contributed by atoms with E-state index in [1.54, 1.807) is 23.1 Å². The number of furan rings is 1. The maximum Gasteiger partial charge on any atom is 0.263 e. The normalized spacial score (nSPS) is 14.8. The first-order valence-corrected chi connectivity index (χ1v) is 11.2. The Balaban J connectivity index is 1.53. The quantitative estimate of drug-likeness (QED) is 0.266. The Kier molecular flexibility index (Phi) is 5.56. The van der Waals surface area contributed by atoms with Gasteiger partial charge in [-0.05, 0) is 66.2 Å². The number of benzene rings is 3. The minimum absolute atomic E-state index is 0.118. The molecule has 4 aromatic rings. The van der Waals surface area contributed by atoms with E-state index in [1.165, 1.54) is 0 Å². The molecule has 0 radical (unpaired) electrons. The number of anilines is 1. The van der Waals surface area contributed by atoms with Crippen molar-refractivity contribution >= 4 is 50.9 Å². The van der Waals surface area contributed by atoms with Gasteiger partial charge in [-0.1, -0.05) is 70.0 Å². The topological polar surface area (TPSA) is 33.5 Å². The van der Waals surface area contributed by atoms with Gasteiger partial charge in [-0.15, -0.1) is 0 Å². The molecule has 1 amide bonds. The van der Waals surface area contributed by atoms with Crippen LogP contribution < -0.4 is 4.90 Å². The zero-order valence-electron chi connectivity index (χ0n) is 16.8. The molecule has 2 heterocycles. The third kappa shape index (κ3) is 4.07. The number of carbonyl (C=O) groups is 1. The van der Waals surface area contributed by atoms with Crippen molar-refractivity contribution in [2.24, 2.45) is 0 Å². The summed E-state index contributed by atoms with van der Waals surface area (Å²) in [6, 6.07) is 28.8. The molecule has 0 fully saturated rings. The molecule has 0 saturated heterocycles. The zero-order chi connectivity index (χ0) is 22.1. The van der Waals surface area contributed by atoms with Crippen molar-refractivity contribution in [3.63, 3.8) is 0 Å². The average Bonchev–Trinajstić information content (AvgIpc) is 3.41. The second kappa shape index (κ2) is 8.65. The van der Waals surface area contributed by atoms with Crippen LogP contribution in [0.4, 0.5) is 5.69 Å². The van der Waals surface area contributed by atoms with E-state index in [2.05, 4.69) is 15.9 Å². The van der Waals surface area contributed by atoms with Gasteiger partial charge in [0.15, 0.2) is 0 Å². The molecule has 0 unspecified atom stereocenters. The molecule has 0 aliphatic carbocycles. The van der Waals surface area contributed by atoms with Gasteiger partial charge in [0.2, 0.25) is 0 Å². The highest BCUT2D eigenvalue weighted by atomic mass is 79.9. The van der Waals surface area contributed by atoms with E-state index in [0.717, 1.165) is 32.7 Å². The molecule has 0 atom stereocenters. The second-order valence-electron chi connectivity index (χ2n) is 7.32. The third-order valence-electron chi connectivity index (χ3n) is 5.19. The molecule has 5 rings (SSSR count). The van der Waals surface area contributed by atoms with Gasteiger partial charge < -0.3 is 4.42 Å². The van der Waals surface area contributed by atoms with Crippen molar-refractivity contribution in [1.82, 2.24) is 0 Å². The van der Waals surface area contributed by atoms with Gasteiger partial charge >= 0.3 is 0 Å². The summed E-state index contributed by atoms with van der Waals surface area (Å²) in [6.45, 7) is 0. The van der Waals surface area contributed by atoms with Gasteiger partial charge in [-0.2, -0.15) is 0 Å². The Morgan fingerprint density at radius 2 is 1.53 bits per heavy atom. The molecular formula is C27H17BrClNO2. The lowest BCUT2D eigenvalue weighted by Gasteiger charge is -2.20. The maximum absolute atomic E-state index is 13.4. The lowest BCUT2D eigenvalue weighted by molar-refractivity contribution is -0.113. The summed E-state index contributed by atoms with van der Waals surface area (Å²) in [4.78, 5) is 15.1. The van der Waals surface area contributed by atoms with E-state index >= 15 is 0 Å². The van der Waals surface area contributed by atoms with Crippen molar-refractivity contribution in [2.75, 3.05) is 4.90 Å². The molecule has 0 N–H and O–H groups in total. The highest BCUT2D eigenvalue weighted by molar-refractivity contribution is 9.10. The predicted molar refractivity (Wildman–Crippen MR) is 133 cm³/mol. The summed E-state index contributed by atoms with van der Waals surface area (Å²) in [5.41, 5.74) is 4.04. The van der Waals surface area contributed by atoms with Gasteiger partial charge in [0.1, 0.15) is 11.5 Å². The second-order valence-corrected chi connectivity index (χ2v) is 8.67. The first-order valence-electron chi connectivity index (χ1n) is 10.0.